The molecule has 0 fully saturated rings. The largest absolute Gasteiger partial charge is 0.312 e. The van der Waals surface area contributed by atoms with Gasteiger partial charge in [-0.25, -0.2) is 0 Å². The number of hydrogen-bond acceptors (Lipinski definition) is 5. The van der Waals surface area contributed by atoms with Crippen LogP contribution in [0.3, 0.4) is 0 Å². The van der Waals surface area contributed by atoms with E-state index in [1.807, 2.05) is 24.5 Å². The molecule has 1 aliphatic rings. The lowest BCUT2D eigenvalue weighted by Crippen LogP contribution is -2.35. The number of rotatable bonds is 3. The van der Waals surface area contributed by atoms with E-state index in [-0.39, 0.29) is 6.04 Å². The molecule has 0 aliphatic carbocycles. The molecule has 0 spiro atoms. The summed E-state index contributed by atoms with van der Waals surface area (Å²) in [5, 5.41) is 16.6. The van der Waals surface area contributed by atoms with Crippen molar-refractivity contribution in [1.29, 1.82) is 0 Å². The Morgan fingerprint density at radius 1 is 1.24 bits per heavy atom. The van der Waals surface area contributed by atoms with Crippen LogP contribution >= 0.6 is 11.3 Å². The molecule has 5 nitrogen and oxygen atoms in total. The molecule has 0 saturated carbocycles. The fourth-order valence-corrected chi connectivity index (χ4v) is 3.42. The van der Waals surface area contributed by atoms with Gasteiger partial charge in [-0.1, -0.05) is 0 Å². The Labute approximate surface area is 126 Å². The van der Waals surface area contributed by atoms with Gasteiger partial charge < -0.3 is 9.88 Å². The summed E-state index contributed by atoms with van der Waals surface area (Å²) in [4.78, 5) is 4.08. The SMILES string of the molecule is c1cc(C2NCCn3c(Cc4ccsc4)nnc32)ccn1. The Morgan fingerprint density at radius 2 is 2.14 bits per heavy atom. The first-order chi connectivity index (χ1) is 10.4. The number of nitrogens with one attached hydrogen (secondary N) is 1. The molecule has 0 bridgehead atoms. The van der Waals surface area contributed by atoms with Gasteiger partial charge >= 0.3 is 0 Å². The standard InChI is InChI=1S/C15H15N5S/c1-4-16-5-2-12(1)14-15-19-18-13(20(15)7-6-17-14)9-11-3-8-21-10-11/h1-5,8,10,14,17H,6-7,9H2. The third kappa shape index (κ3) is 2.36. The highest BCUT2D eigenvalue weighted by Gasteiger charge is 2.26. The molecule has 0 amide bonds. The molecule has 0 radical (unpaired) electrons. The second-order valence-electron chi connectivity index (χ2n) is 5.10. The second-order valence-corrected chi connectivity index (χ2v) is 5.88. The maximum absolute atomic E-state index is 4.43. The fourth-order valence-electron chi connectivity index (χ4n) is 2.75. The van der Waals surface area contributed by atoms with Crippen molar-refractivity contribution in [3.05, 3.63) is 64.1 Å². The van der Waals surface area contributed by atoms with Crippen LogP contribution in [-0.2, 0) is 13.0 Å². The summed E-state index contributed by atoms with van der Waals surface area (Å²) in [6.45, 7) is 1.85. The fraction of sp³-hybridized carbons (Fsp3) is 0.267. The first kappa shape index (κ1) is 12.7. The van der Waals surface area contributed by atoms with Crippen LogP contribution in [-0.4, -0.2) is 26.3 Å². The molecule has 4 rings (SSSR count). The molecule has 1 atom stereocenters. The van der Waals surface area contributed by atoms with Gasteiger partial charge in [0.1, 0.15) is 5.82 Å². The van der Waals surface area contributed by atoms with E-state index in [4.69, 9.17) is 0 Å². The summed E-state index contributed by atoms with van der Waals surface area (Å²) < 4.78 is 2.25. The number of nitrogens with zero attached hydrogens (tertiary/aromatic N) is 4. The van der Waals surface area contributed by atoms with Gasteiger partial charge in [-0.05, 0) is 40.1 Å². The summed E-state index contributed by atoms with van der Waals surface area (Å²) >= 11 is 1.72. The molecule has 3 aromatic rings. The molecular weight excluding hydrogens is 282 g/mol. The van der Waals surface area contributed by atoms with Gasteiger partial charge in [0.05, 0.1) is 6.04 Å². The van der Waals surface area contributed by atoms with Crippen molar-refractivity contribution < 1.29 is 0 Å². The van der Waals surface area contributed by atoms with Crippen LogP contribution in [0, 0.1) is 0 Å². The number of fused-ring (bicyclic) bond motifs is 1. The van der Waals surface area contributed by atoms with Gasteiger partial charge in [0.25, 0.3) is 0 Å². The van der Waals surface area contributed by atoms with Crippen LogP contribution < -0.4 is 5.32 Å². The van der Waals surface area contributed by atoms with E-state index in [2.05, 4.69) is 41.9 Å². The first-order valence-corrected chi connectivity index (χ1v) is 7.92. The van der Waals surface area contributed by atoms with Crippen LogP contribution in [0.2, 0.25) is 0 Å². The quantitative estimate of drug-likeness (QED) is 0.803. The summed E-state index contributed by atoms with van der Waals surface area (Å²) in [5.74, 6) is 2.04. The topological polar surface area (TPSA) is 55.6 Å². The van der Waals surface area contributed by atoms with Crippen molar-refractivity contribution in [3.63, 3.8) is 0 Å². The van der Waals surface area contributed by atoms with Gasteiger partial charge in [0, 0.05) is 31.9 Å². The predicted molar refractivity (Wildman–Crippen MR) is 81.2 cm³/mol. The smallest absolute Gasteiger partial charge is 0.154 e. The Balaban J connectivity index is 1.68. The lowest BCUT2D eigenvalue weighted by atomic mass is 10.1. The molecule has 106 valence electrons. The van der Waals surface area contributed by atoms with Crippen LogP contribution in [0.15, 0.2) is 41.4 Å². The predicted octanol–water partition coefficient (Wildman–Crippen LogP) is 2.02. The van der Waals surface area contributed by atoms with Gasteiger partial charge in [-0.3, -0.25) is 4.98 Å². The third-order valence-electron chi connectivity index (χ3n) is 3.78. The monoisotopic (exact) mass is 297 g/mol. The minimum Gasteiger partial charge on any atom is -0.312 e. The number of pyridine rings is 1. The van der Waals surface area contributed by atoms with Gasteiger partial charge in [0.15, 0.2) is 5.82 Å². The van der Waals surface area contributed by atoms with Crippen molar-refractivity contribution in [2.75, 3.05) is 6.54 Å². The first-order valence-electron chi connectivity index (χ1n) is 6.98. The van der Waals surface area contributed by atoms with Gasteiger partial charge in [-0.2, -0.15) is 11.3 Å². The summed E-state index contributed by atoms with van der Waals surface area (Å²) in [7, 11) is 0. The molecule has 3 aromatic heterocycles. The minimum absolute atomic E-state index is 0.102. The van der Waals surface area contributed by atoms with E-state index in [0.29, 0.717) is 0 Å². The van der Waals surface area contributed by atoms with Crippen molar-refractivity contribution >= 4 is 11.3 Å². The molecule has 0 aromatic carbocycles. The van der Waals surface area contributed by atoms with E-state index in [0.717, 1.165) is 31.2 Å². The normalized spacial score (nSPS) is 17.6. The second kappa shape index (κ2) is 5.38. The zero-order chi connectivity index (χ0) is 14.1. The molecule has 1 unspecified atom stereocenters. The average molecular weight is 297 g/mol. The number of thiophene rings is 1. The molecule has 0 saturated heterocycles. The molecule has 1 aliphatic heterocycles. The average Bonchev–Trinajstić information content (AvgIpc) is 3.19. The summed E-state index contributed by atoms with van der Waals surface area (Å²) in [5.41, 5.74) is 2.48. The minimum atomic E-state index is 0.102. The zero-order valence-corrected chi connectivity index (χ0v) is 12.3. The van der Waals surface area contributed by atoms with Gasteiger partial charge in [-0.15, -0.1) is 10.2 Å². The van der Waals surface area contributed by atoms with Crippen LogP contribution in [0.4, 0.5) is 0 Å². The van der Waals surface area contributed by atoms with Crippen molar-refractivity contribution in [3.8, 4) is 0 Å². The Bertz CT molecular complexity index is 720. The highest BCUT2D eigenvalue weighted by Crippen LogP contribution is 2.24. The van der Waals surface area contributed by atoms with Crippen molar-refractivity contribution in [2.45, 2.75) is 19.0 Å². The van der Waals surface area contributed by atoms with Crippen molar-refractivity contribution in [2.24, 2.45) is 0 Å². The molecule has 1 N–H and O–H groups in total. The number of hydrogen-bond donors (Lipinski definition) is 1. The maximum Gasteiger partial charge on any atom is 0.154 e. The Kier molecular flexibility index (Phi) is 3.25. The van der Waals surface area contributed by atoms with Crippen LogP contribution in [0.1, 0.15) is 28.8 Å². The van der Waals surface area contributed by atoms with E-state index < -0.39 is 0 Å². The molecule has 6 heteroatoms. The summed E-state index contributed by atoms with van der Waals surface area (Å²) in [6, 6.07) is 6.31. The number of aromatic nitrogens is 4. The van der Waals surface area contributed by atoms with E-state index in [1.54, 1.807) is 11.3 Å². The highest BCUT2D eigenvalue weighted by atomic mass is 32.1. The lowest BCUT2D eigenvalue weighted by molar-refractivity contribution is 0.448. The maximum atomic E-state index is 4.43. The Hall–Kier alpha value is -2.05. The molecule has 21 heavy (non-hydrogen) atoms. The highest BCUT2D eigenvalue weighted by molar-refractivity contribution is 7.07. The third-order valence-corrected chi connectivity index (χ3v) is 4.51. The Morgan fingerprint density at radius 3 is 2.95 bits per heavy atom. The van der Waals surface area contributed by atoms with E-state index >= 15 is 0 Å². The van der Waals surface area contributed by atoms with Crippen LogP contribution in [0.5, 0.6) is 0 Å². The van der Waals surface area contributed by atoms with E-state index in [9.17, 15) is 0 Å². The lowest BCUT2D eigenvalue weighted by Gasteiger charge is -2.25. The van der Waals surface area contributed by atoms with Crippen molar-refractivity contribution in [1.82, 2.24) is 25.1 Å². The van der Waals surface area contributed by atoms with E-state index in [1.165, 1.54) is 11.1 Å². The molecular formula is C15H15N5S. The molecule has 4 heterocycles. The van der Waals surface area contributed by atoms with Crippen LogP contribution in [0.25, 0.3) is 0 Å². The van der Waals surface area contributed by atoms with Gasteiger partial charge in [0.2, 0.25) is 0 Å². The summed E-state index contributed by atoms with van der Waals surface area (Å²) in [6.07, 6.45) is 4.48. The zero-order valence-electron chi connectivity index (χ0n) is 11.4.